The second-order valence-electron chi connectivity index (χ2n) is 2.55. The lowest BCUT2D eigenvalue weighted by atomic mass is 10.1. The van der Waals surface area contributed by atoms with Gasteiger partial charge in [-0.1, -0.05) is 0 Å². The molecule has 0 amide bonds. The van der Waals surface area contributed by atoms with E-state index in [2.05, 4.69) is 4.98 Å². The van der Waals surface area contributed by atoms with Crippen molar-refractivity contribution in [1.82, 2.24) is 4.98 Å². The summed E-state index contributed by atoms with van der Waals surface area (Å²) in [6.45, 7) is 3.24. The summed E-state index contributed by atoms with van der Waals surface area (Å²) in [4.78, 5) is 14.7. The second kappa shape index (κ2) is 3.14. The van der Waals surface area contributed by atoms with E-state index in [0.717, 1.165) is 5.56 Å². The lowest BCUT2D eigenvalue weighted by Crippen LogP contribution is -1.98. The summed E-state index contributed by atoms with van der Waals surface area (Å²) in [5.74, 6) is -0.0809. The zero-order valence-corrected chi connectivity index (χ0v) is 6.96. The van der Waals surface area contributed by atoms with E-state index < -0.39 is 0 Å². The van der Waals surface area contributed by atoms with Crippen molar-refractivity contribution in [2.45, 2.75) is 13.8 Å². The van der Waals surface area contributed by atoms with Crippen LogP contribution in [-0.2, 0) is 0 Å². The maximum atomic E-state index is 10.9. The van der Waals surface area contributed by atoms with Gasteiger partial charge in [-0.25, -0.2) is 0 Å². The van der Waals surface area contributed by atoms with Gasteiger partial charge in [0.2, 0.25) is 0 Å². The molecular formula is C9H8N2O. The molecule has 0 saturated carbocycles. The molecule has 0 aliphatic heterocycles. The van der Waals surface area contributed by atoms with E-state index in [-0.39, 0.29) is 5.78 Å². The number of Topliss-reactive ketones (excluding diaryl/α,β-unsaturated/α-hetero) is 1. The zero-order chi connectivity index (χ0) is 9.14. The van der Waals surface area contributed by atoms with Crippen molar-refractivity contribution in [1.29, 1.82) is 5.26 Å². The van der Waals surface area contributed by atoms with Crippen LogP contribution in [-0.4, -0.2) is 10.8 Å². The Morgan fingerprint density at radius 3 is 2.75 bits per heavy atom. The van der Waals surface area contributed by atoms with Gasteiger partial charge in [0.15, 0.2) is 5.78 Å². The van der Waals surface area contributed by atoms with Gasteiger partial charge in [-0.05, 0) is 18.6 Å². The van der Waals surface area contributed by atoms with Gasteiger partial charge in [-0.3, -0.25) is 9.78 Å². The van der Waals surface area contributed by atoms with Crippen molar-refractivity contribution in [2.75, 3.05) is 0 Å². The quantitative estimate of drug-likeness (QED) is 0.584. The Morgan fingerprint density at radius 2 is 2.33 bits per heavy atom. The summed E-state index contributed by atoms with van der Waals surface area (Å²) in [5.41, 5.74) is 1.71. The highest BCUT2D eigenvalue weighted by molar-refractivity contribution is 5.92. The van der Waals surface area contributed by atoms with Crippen molar-refractivity contribution in [2.24, 2.45) is 0 Å². The number of pyridine rings is 1. The van der Waals surface area contributed by atoms with Gasteiger partial charge in [0, 0.05) is 13.1 Å². The fourth-order valence-corrected chi connectivity index (χ4v) is 0.866. The molecule has 0 unspecified atom stereocenters. The van der Waals surface area contributed by atoms with E-state index in [1.54, 1.807) is 13.0 Å². The predicted molar refractivity (Wildman–Crippen MR) is 43.7 cm³/mol. The second-order valence-corrected chi connectivity index (χ2v) is 2.55. The number of ketones is 1. The predicted octanol–water partition coefficient (Wildman–Crippen LogP) is 1.46. The van der Waals surface area contributed by atoms with Gasteiger partial charge in [0.25, 0.3) is 0 Å². The van der Waals surface area contributed by atoms with Crippen LogP contribution >= 0.6 is 0 Å². The van der Waals surface area contributed by atoms with E-state index in [4.69, 9.17) is 5.26 Å². The fourth-order valence-electron chi connectivity index (χ4n) is 0.866. The molecular weight excluding hydrogens is 152 g/mol. The number of nitriles is 1. The first-order chi connectivity index (χ1) is 5.65. The molecule has 0 spiro atoms. The van der Waals surface area contributed by atoms with Crippen LogP contribution < -0.4 is 0 Å². The first-order valence-corrected chi connectivity index (χ1v) is 3.53. The molecule has 3 heteroatoms. The molecule has 0 fully saturated rings. The molecule has 1 rings (SSSR count). The van der Waals surface area contributed by atoms with E-state index in [0.29, 0.717) is 11.3 Å². The van der Waals surface area contributed by atoms with Crippen LogP contribution in [0.2, 0.25) is 0 Å². The third kappa shape index (κ3) is 1.48. The van der Waals surface area contributed by atoms with E-state index in [1.807, 2.05) is 6.07 Å². The van der Waals surface area contributed by atoms with Crippen LogP contribution in [0.4, 0.5) is 0 Å². The Labute approximate surface area is 70.7 Å². The highest BCUT2D eigenvalue weighted by atomic mass is 16.1. The molecule has 0 atom stereocenters. The molecule has 0 radical (unpaired) electrons. The normalized spacial score (nSPS) is 9.08. The lowest BCUT2D eigenvalue weighted by molar-refractivity contribution is 0.101. The van der Waals surface area contributed by atoms with Crippen LogP contribution in [0.25, 0.3) is 0 Å². The highest BCUT2D eigenvalue weighted by Crippen LogP contribution is 2.06. The first-order valence-electron chi connectivity index (χ1n) is 3.53. The van der Waals surface area contributed by atoms with Crippen molar-refractivity contribution in [3.05, 3.63) is 29.1 Å². The van der Waals surface area contributed by atoms with Gasteiger partial charge in [0.1, 0.15) is 11.8 Å². The number of carbonyl (C=O) groups is 1. The Bertz CT molecular complexity index is 363. The van der Waals surface area contributed by atoms with Crippen molar-refractivity contribution in [3.8, 4) is 6.07 Å². The average molecular weight is 160 g/mol. The molecule has 12 heavy (non-hydrogen) atoms. The van der Waals surface area contributed by atoms with Gasteiger partial charge in [-0.15, -0.1) is 0 Å². The summed E-state index contributed by atoms with van der Waals surface area (Å²) in [5, 5.41) is 8.57. The topological polar surface area (TPSA) is 53.8 Å². The number of aromatic nitrogens is 1. The molecule has 0 bridgehead atoms. The third-order valence-electron chi connectivity index (χ3n) is 1.59. The maximum Gasteiger partial charge on any atom is 0.178 e. The smallest absolute Gasteiger partial charge is 0.178 e. The van der Waals surface area contributed by atoms with Crippen molar-refractivity contribution < 1.29 is 4.79 Å². The molecule has 1 aromatic rings. The fraction of sp³-hybridized carbons (Fsp3) is 0.222. The van der Waals surface area contributed by atoms with Crippen LogP contribution in [0.3, 0.4) is 0 Å². The minimum Gasteiger partial charge on any atom is -0.293 e. The zero-order valence-electron chi connectivity index (χ0n) is 6.96. The SMILES string of the molecule is CC(=O)c1cc(C)c(C#N)cn1. The molecule has 1 aromatic heterocycles. The molecule has 1 heterocycles. The first kappa shape index (κ1) is 8.41. The number of hydrogen-bond acceptors (Lipinski definition) is 3. The number of nitrogens with zero attached hydrogens (tertiary/aromatic N) is 2. The van der Waals surface area contributed by atoms with Crippen molar-refractivity contribution >= 4 is 5.78 Å². The Balaban J connectivity index is 3.21. The van der Waals surface area contributed by atoms with Gasteiger partial charge in [0.05, 0.1) is 5.56 Å². The van der Waals surface area contributed by atoms with Gasteiger partial charge >= 0.3 is 0 Å². The van der Waals surface area contributed by atoms with E-state index in [1.165, 1.54) is 13.1 Å². The molecule has 60 valence electrons. The van der Waals surface area contributed by atoms with Crippen molar-refractivity contribution in [3.63, 3.8) is 0 Å². The third-order valence-corrected chi connectivity index (χ3v) is 1.59. The summed E-state index contributed by atoms with van der Waals surface area (Å²) in [6.07, 6.45) is 1.42. The van der Waals surface area contributed by atoms with E-state index in [9.17, 15) is 4.79 Å². The lowest BCUT2D eigenvalue weighted by Gasteiger charge is -1.97. The number of carbonyl (C=O) groups excluding carboxylic acids is 1. The molecule has 0 N–H and O–H groups in total. The number of hydrogen-bond donors (Lipinski definition) is 0. The molecule has 0 aliphatic rings. The minimum absolute atomic E-state index is 0.0809. The summed E-state index contributed by atoms with van der Waals surface area (Å²) in [7, 11) is 0. The van der Waals surface area contributed by atoms with Crippen LogP contribution in [0.1, 0.15) is 28.5 Å². The summed E-state index contributed by atoms with van der Waals surface area (Å²) >= 11 is 0. The minimum atomic E-state index is -0.0809. The Kier molecular flexibility index (Phi) is 2.20. The number of rotatable bonds is 1. The average Bonchev–Trinajstić information content (AvgIpc) is 2.04. The number of aryl methyl sites for hydroxylation is 1. The van der Waals surface area contributed by atoms with Crippen LogP contribution in [0.15, 0.2) is 12.3 Å². The van der Waals surface area contributed by atoms with Crippen LogP contribution in [0.5, 0.6) is 0 Å². The van der Waals surface area contributed by atoms with Gasteiger partial charge in [-0.2, -0.15) is 5.26 Å². The molecule has 3 nitrogen and oxygen atoms in total. The Morgan fingerprint density at radius 1 is 1.67 bits per heavy atom. The standard InChI is InChI=1S/C9H8N2O/c1-6-3-9(7(2)12)11-5-8(6)4-10/h3,5H,1-2H3. The van der Waals surface area contributed by atoms with E-state index >= 15 is 0 Å². The molecule has 0 saturated heterocycles. The highest BCUT2D eigenvalue weighted by Gasteiger charge is 2.03. The van der Waals surface area contributed by atoms with Gasteiger partial charge < -0.3 is 0 Å². The molecule has 0 aliphatic carbocycles. The maximum absolute atomic E-state index is 10.9. The summed E-state index contributed by atoms with van der Waals surface area (Å²) in [6, 6.07) is 3.61. The summed E-state index contributed by atoms with van der Waals surface area (Å²) < 4.78 is 0. The largest absolute Gasteiger partial charge is 0.293 e. The monoisotopic (exact) mass is 160 g/mol. The Hall–Kier alpha value is -1.69. The van der Waals surface area contributed by atoms with Crippen LogP contribution in [0, 0.1) is 18.3 Å². The molecule has 0 aromatic carbocycles.